The fourth-order valence-electron chi connectivity index (χ4n) is 5.63. The van der Waals surface area contributed by atoms with Crippen molar-refractivity contribution in [1.29, 1.82) is 0 Å². The second kappa shape index (κ2) is 13.1. The van der Waals surface area contributed by atoms with Crippen LogP contribution in [0.15, 0.2) is 0 Å². The minimum atomic E-state index is -1.01. The number of nitrogens with one attached hydrogen (secondary N) is 1. The van der Waals surface area contributed by atoms with Crippen LogP contribution in [0.2, 0.25) is 0 Å². The summed E-state index contributed by atoms with van der Waals surface area (Å²) in [4.78, 5) is 26.5. The van der Waals surface area contributed by atoms with E-state index >= 15 is 0 Å². The van der Waals surface area contributed by atoms with Crippen LogP contribution in [0.25, 0.3) is 0 Å². The Balaban J connectivity index is 0.00000684. The van der Waals surface area contributed by atoms with E-state index in [9.17, 15) is 9.59 Å². The number of carbonyl (C=O) groups excluding carboxylic acids is 2. The Bertz CT molecular complexity index is 1080. The number of carbonyl (C=O) groups is 2. The summed E-state index contributed by atoms with van der Waals surface area (Å²) in [6.45, 7) is 30.0. The molecule has 200 valence electrons. The number of alkyl carbamates (subject to hydrolysis) is 1. The molecular formula is C31H46BaN2O3. The first-order valence-electron chi connectivity index (χ1n) is 12.8. The van der Waals surface area contributed by atoms with Crippen LogP contribution in [0.3, 0.4) is 0 Å². The van der Waals surface area contributed by atoms with Gasteiger partial charge in [-0.15, -0.1) is 0 Å². The number of hydrogen-bond acceptors (Lipinski definition) is 3. The van der Waals surface area contributed by atoms with Crippen molar-refractivity contribution in [1.82, 2.24) is 10.2 Å². The van der Waals surface area contributed by atoms with Crippen molar-refractivity contribution in [2.75, 3.05) is 19.6 Å². The second-order valence-electron chi connectivity index (χ2n) is 10.3. The molecule has 0 bridgehead atoms. The second-order valence-corrected chi connectivity index (χ2v) is 10.3. The van der Waals surface area contributed by atoms with Gasteiger partial charge >= 0.3 is 55.0 Å². The SMILES string of the molecule is [Ba+2].[CH2-]C(=O)N(CC)CCNC(=O)OC(C)(c1c(C)c(C)c(C)c(C)c1C)c1c(C)c(C)c(C)c(C)c1C.[H-]. The maximum Gasteiger partial charge on any atom is 2.00 e. The van der Waals surface area contributed by atoms with Gasteiger partial charge < -0.3 is 28.1 Å². The van der Waals surface area contributed by atoms with Gasteiger partial charge in [0.15, 0.2) is 5.60 Å². The Kier molecular flexibility index (Phi) is 11.9. The van der Waals surface area contributed by atoms with Crippen molar-refractivity contribution in [3.63, 3.8) is 0 Å². The number of rotatable bonds is 7. The molecule has 0 atom stereocenters. The smallest absolute Gasteiger partial charge is 1.00 e. The van der Waals surface area contributed by atoms with Gasteiger partial charge in [-0.25, -0.2) is 4.79 Å². The third-order valence-electron chi connectivity index (χ3n) is 8.64. The van der Waals surface area contributed by atoms with Crippen molar-refractivity contribution >= 4 is 60.9 Å². The van der Waals surface area contributed by atoms with Gasteiger partial charge in [-0.2, -0.15) is 0 Å². The summed E-state index contributed by atoms with van der Waals surface area (Å²) in [5.74, 6) is -0.258. The molecule has 0 radical (unpaired) electrons. The quantitative estimate of drug-likeness (QED) is 0.294. The predicted molar refractivity (Wildman–Crippen MR) is 156 cm³/mol. The van der Waals surface area contributed by atoms with Gasteiger partial charge in [-0.05, 0) is 139 Å². The molecule has 0 fully saturated rings. The molecule has 0 saturated carbocycles. The van der Waals surface area contributed by atoms with Crippen LogP contribution in [-0.4, -0.2) is 85.4 Å². The van der Waals surface area contributed by atoms with Crippen LogP contribution >= 0.6 is 0 Å². The van der Waals surface area contributed by atoms with E-state index in [-0.39, 0.29) is 62.8 Å². The summed E-state index contributed by atoms with van der Waals surface area (Å²) >= 11 is 0. The van der Waals surface area contributed by atoms with Gasteiger partial charge in [0.2, 0.25) is 0 Å². The number of amides is 2. The molecule has 6 heteroatoms. The summed E-state index contributed by atoms with van der Waals surface area (Å²) in [6.07, 6.45) is -0.505. The Morgan fingerprint density at radius 2 is 1.08 bits per heavy atom. The standard InChI is InChI=1S/C31H45N2O3.Ba.H/c1-14-33(27(12)34)16-15-32-30(35)36-31(13,28-23(8)19(4)17(2)20(5)24(28)9)29-25(10)21(6)18(3)22(7)26(29)11;;/h12,14-16H2,1-11,13H3,(H,32,35);;/q-1;+2;-1. The third kappa shape index (κ3) is 6.44. The van der Waals surface area contributed by atoms with Gasteiger partial charge in [0.05, 0.1) is 5.91 Å². The van der Waals surface area contributed by atoms with Crippen LogP contribution in [0.4, 0.5) is 4.79 Å². The number of ether oxygens (including phenoxy) is 1. The molecule has 2 amide bonds. The Labute approximate surface area is 266 Å². The van der Waals surface area contributed by atoms with E-state index in [0.717, 1.165) is 33.4 Å². The number of benzene rings is 2. The molecule has 0 heterocycles. The first-order chi connectivity index (χ1) is 16.6. The van der Waals surface area contributed by atoms with E-state index in [4.69, 9.17) is 4.74 Å². The first-order valence-corrected chi connectivity index (χ1v) is 12.8. The topological polar surface area (TPSA) is 58.6 Å². The summed E-state index contributed by atoms with van der Waals surface area (Å²) in [5, 5.41) is 2.87. The number of hydrogen-bond donors (Lipinski definition) is 1. The van der Waals surface area contributed by atoms with Crippen LogP contribution in [0.1, 0.15) is 82.0 Å². The molecule has 0 saturated heterocycles. The molecule has 1 N–H and O–H groups in total. The van der Waals surface area contributed by atoms with Gasteiger partial charge in [0, 0.05) is 30.8 Å². The molecule has 0 aromatic heterocycles. The molecule has 0 aliphatic rings. The number of likely N-dealkylation sites (N-methyl/N-ethyl adjacent to an activating group) is 1. The molecule has 0 aliphatic heterocycles. The van der Waals surface area contributed by atoms with Crippen LogP contribution < -0.4 is 5.32 Å². The molecule has 0 aliphatic carbocycles. The van der Waals surface area contributed by atoms with Gasteiger partial charge in [0.25, 0.3) is 0 Å². The van der Waals surface area contributed by atoms with Crippen LogP contribution in [0.5, 0.6) is 0 Å². The molecule has 0 spiro atoms. The Morgan fingerprint density at radius 3 is 1.38 bits per heavy atom. The monoisotopic (exact) mass is 632 g/mol. The zero-order valence-corrected chi connectivity index (χ0v) is 29.6. The summed E-state index contributed by atoms with van der Waals surface area (Å²) in [6, 6.07) is 0. The van der Waals surface area contributed by atoms with E-state index in [1.807, 2.05) is 13.8 Å². The molecule has 2 aromatic carbocycles. The fourth-order valence-corrected chi connectivity index (χ4v) is 5.63. The van der Waals surface area contributed by atoms with Gasteiger partial charge in [-0.1, -0.05) is 0 Å². The van der Waals surface area contributed by atoms with Crippen LogP contribution in [0, 0.1) is 76.2 Å². The van der Waals surface area contributed by atoms with E-state index in [1.54, 1.807) is 4.90 Å². The average molecular weight is 632 g/mol. The zero-order chi connectivity index (χ0) is 27.7. The Morgan fingerprint density at radius 1 is 0.757 bits per heavy atom. The fraction of sp³-hybridized carbons (Fsp3) is 0.516. The molecule has 2 aromatic rings. The minimum Gasteiger partial charge on any atom is -1.00 e. The summed E-state index contributed by atoms with van der Waals surface area (Å²) in [5.41, 5.74) is 13.0. The van der Waals surface area contributed by atoms with E-state index in [0.29, 0.717) is 13.1 Å². The van der Waals surface area contributed by atoms with Crippen molar-refractivity contribution in [3.8, 4) is 0 Å². The maximum absolute atomic E-state index is 13.3. The van der Waals surface area contributed by atoms with Crippen molar-refractivity contribution in [2.24, 2.45) is 0 Å². The first kappa shape index (κ1) is 33.6. The van der Waals surface area contributed by atoms with Crippen molar-refractivity contribution in [3.05, 3.63) is 73.7 Å². The maximum atomic E-state index is 13.3. The van der Waals surface area contributed by atoms with Crippen LogP contribution in [-0.2, 0) is 15.1 Å². The third-order valence-corrected chi connectivity index (χ3v) is 8.64. The van der Waals surface area contributed by atoms with Crippen molar-refractivity contribution < 1.29 is 15.8 Å². The molecule has 2 rings (SSSR count). The Hall–Kier alpha value is -1.38. The summed E-state index contributed by atoms with van der Waals surface area (Å²) in [7, 11) is 0. The normalized spacial score (nSPS) is 11.1. The van der Waals surface area contributed by atoms with Gasteiger partial charge in [0.1, 0.15) is 0 Å². The molecule has 0 unspecified atom stereocenters. The predicted octanol–water partition coefficient (Wildman–Crippen LogP) is 6.17. The average Bonchev–Trinajstić information content (AvgIpc) is 2.81. The minimum absolute atomic E-state index is 0. The molecular weight excluding hydrogens is 586 g/mol. The van der Waals surface area contributed by atoms with E-state index < -0.39 is 11.7 Å². The zero-order valence-electron chi connectivity index (χ0n) is 26.2. The molecule has 5 nitrogen and oxygen atoms in total. The summed E-state index contributed by atoms with van der Waals surface area (Å²) < 4.78 is 6.44. The van der Waals surface area contributed by atoms with E-state index in [2.05, 4.69) is 81.5 Å². The van der Waals surface area contributed by atoms with Crippen molar-refractivity contribution in [2.45, 2.75) is 88.7 Å². The largest absolute Gasteiger partial charge is 2.00 e. The molecule has 37 heavy (non-hydrogen) atoms. The van der Waals surface area contributed by atoms with E-state index in [1.165, 1.54) is 33.4 Å². The number of nitrogens with zero attached hydrogens (tertiary/aromatic N) is 1. The van der Waals surface area contributed by atoms with Gasteiger partial charge in [-0.3, -0.25) is 0 Å².